The average molecular weight is 496 g/mol. The molecule has 0 amide bonds. The van der Waals surface area contributed by atoms with Crippen LogP contribution in [0.1, 0.15) is 4.88 Å². The molecule has 0 aliphatic carbocycles. The first-order chi connectivity index (χ1) is 13.0. The van der Waals surface area contributed by atoms with Crippen molar-refractivity contribution in [1.82, 2.24) is 4.98 Å². The third-order valence-corrected chi connectivity index (χ3v) is 5.45. The van der Waals surface area contributed by atoms with Gasteiger partial charge < -0.3 is 19.9 Å². The molecule has 6 nitrogen and oxygen atoms in total. The summed E-state index contributed by atoms with van der Waals surface area (Å²) in [7, 11) is 3.13. The Morgan fingerprint density at radius 1 is 1.15 bits per heavy atom. The topological polar surface area (TPSA) is 80.7 Å². The van der Waals surface area contributed by atoms with Crippen LogP contribution in [0.15, 0.2) is 42.5 Å². The van der Waals surface area contributed by atoms with Crippen molar-refractivity contribution in [3.8, 4) is 22.8 Å². The molecule has 0 atom stereocenters. The van der Waals surface area contributed by atoms with Crippen molar-refractivity contribution < 1.29 is 19.4 Å². The first-order valence-electron chi connectivity index (χ1n) is 7.96. The van der Waals surface area contributed by atoms with E-state index in [1.807, 2.05) is 30.3 Å². The standard InChI is InChI=1S/C19H17IN2O4S/c1-25-14-8-3-11(9-15(14)26-2)18-16(10-17(23)24)27-19(22-18)21-13-6-4-12(20)5-7-13/h3-9H,10H2,1-2H3,(H,21,22)(H,23,24). The molecule has 0 aliphatic heterocycles. The van der Waals surface area contributed by atoms with E-state index in [9.17, 15) is 9.90 Å². The monoisotopic (exact) mass is 496 g/mol. The van der Waals surface area contributed by atoms with Gasteiger partial charge in [0.05, 0.1) is 26.3 Å². The minimum absolute atomic E-state index is 0.101. The van der Waals surface area contributed by atoms with E-state index in [2.05, 4.69) is 32.9 Å². The van der Waals surface area contributed by atoms with Crippen LogP contribution in [0.2, 0.25) is 0 Å². The number of ether oxygens (including phenoxy) is 2. The van der Waals surface area contributed by atoms with E-state index in [4.69, 9.17) is 9.47 Å². The highest BCUT2D eigenvalue weighted by atomic mass is 127. The van der Waals surface area contributed by atoms with Crippen molar-refractivity contribution >= 4 is 50.7 Å². The highest BCUT2D eigenvalue weighted by Crippen LogP contribution is 2.37. The zero-order valence-electron chi connectivity index (χ0n) is 14.7. The lowest BCUT2D eigenvalue weighted by Gasteiger charge is -2.09. The highest BCUT2D eigenvalue weighted by Gasteiger charge is 2.17. The number of carboxylic acid groups (broad SMARTS) is 1. The molecule has 0 spiro atoms. The van der Waals surface area contributed by atoms with Gasteiger partial charge in [0.15, 0.2) is 16.6 Å². The fourth-order valence-electron chi connectivity index (χ4n) is 2.53. The Balaban J connectivity index is 1.99. The molecule has 1 heterocycles. The first-order valence-corrected chi connectivity index (χ1v) is 9.86. The minimum atomic E-state index is -0.902. The Kier molecular flexibility index (Phi) is 6.17. The van der Waals surface area contributed by atoms with Crippen molar-refractivity contribution in [3.05, 3.63) is 50.9 Å². The zero-order valence-corrected chi connectivity index (χ0v) is 17.6. The van der Waals surface area contributed by atoms with Gasteiger partial charge in [-0.2, -0.15) is 0 Å². The summed E-state index contributed by atoms with van der Waals surface area (Å²) in [5.74, 6) is 0.270. The van der Waals surface area contributed by atoms with E-state index in [0.29, 0.717) is 27.2 Å². The summed E-state index contributed by atoms with van der Waals surface area (Å²) in [6.07, 6.45) is -0.101. The van der Waals surface area contributed by atoms with Crippen molar-refractivity contribution in [3.63, 3.8) is 0 Å². The second kappa shape index (κ2) is 8.57. The summed E-state index contributed by atoms with van der Waals surface area (Å²) in [4.78, 5) is 16.6. The minimum Gasteiger partial charge on any atom is -0.493 e. The molecular weight excluding hydrogens is 479 g/mol. The number of carboxylic acids is 1. The van der Waals surface area contributed by atoms with Crippen molar-refractivity contribution in [1.29, 1.82) is 0 Å². The van der Waals surface area contributed by atoms with Crippen LogP contribution in [-0.2, 0) is 11.2 Å². The fourth-order valence-corrected chi connectivity index (χ4v) is 3.88. The van der Waals surface area contributed by atoms with E-state index in [-0.39, 0.29) is 6.42 Å². The Morgan fingerprint density at radius 3 is 2.48 bits per heavy atom. The van der Waals surface area contributed by atoms with Crippen molar-refractivity contribution in [2.75, 3.05) is 19.5 Å². The van der Waals surface area contributed by atoms with Gasteiger partial charge in [-0.15, -0.1) is 11.3 Å². The lowest BCUT2D eigenvalue weighted by atomic mass is 10.1. The van der Waals surface area contributed by atoms with Crippen LogP contribution >= 0.6 is 33.9 Å². The van der Waals surface area contributed by atoms with Crippen LogP contribution in [0, 0.1) is 3.57 Å². The van der Waals surface area contributed by atoms with E-state index in [1.54, 1.807) is 26.4 Å². The summed E-state index contributed by atoms with van der Waals surface area (Å²) in [6.45, 7) is 0. The Hall–Kier alpha value is -2.33. The fraction of sp³-hybridized carbons (Fsp3) is 0.158. The molecule has 0 fully saturated rings. The number of benzene rings is 2. The van der Waals surface area contributed by atoms with Gasteiger partial charge in [-0.05, 0) is 65.1 Å². The molecule has 0 saturated carbocycles. The summed E-state index contributed by atoms with van der Waals surface area (Å²) >= 11 is 3.57. The lowest BCUT2D eigenvalue weighted by molar-refractivity contribution is -0.136. The maximum atomic E-state index is 11.3. The first kappa shape index (κ1) is 19.4. The maximum Gasteiger partial charge on any atom is 0.308 e. The number of nitrogens with one attached hydrogen (secondary N) is 1. The smallest absolute Gasteiger partial charge is 0.308 e. The van der Waals surface area contributed by atoms with Crippen LogP contribution in [0.3, 0.4) is 0 Å². The third-order valence-electron chi connectivity index (χ3n) is 3.76. The molecule has 27 heavy (non-hydrogen) atoms. The molecule has 0 aliphatic rings. The number of hydrogen-bond acceptors (Lipinski definition) is 6. The van der Waals surface area contributed by atoms with Crippen LogP contribution in [-0.4, -0.2) is 30.3 Å². The number of rotatable bonds is 7. The molecule has 0 bridgehead atoms. The number of anilines is 2. The van der Waals surface area contributed by atoms with Gasteiger partial charge in [0.2, 0.25) is 0 Å². The molecule has 140 valence electrons. The Bertz CT molecular complexity index is 957. The number of methoxy groups -OCH3 is 2. The van der Waals surface area contributed by atoms with E-state index in [0.717, 1.165) is 14.8 Å². The van der Waals surface area contributed by atoms with Gasteiger partial charge in [0.25, 0.3) is 0 Å². The van der Waals surface area contributed by atoms with Crippen LogP contribution < -0.4 is 14.8 Å². The van der Waals surface area contributed by atoms with Crippen LogP contribution in [0.5, 0.6) is 11.5 Å². The molecule has 0 unspecified atom stereocenters. The molecule has 2 N–H and O–H groups in total. The van der Waals surface area contributed by atoms with Gasteiger partial charge in [-0.25, -0.2) is 4.98 Å². The SMILES string of the molecule is COc1ccc(-c2nc(Nc3ccc(I)cc3)sc2CC(=O)O)cc1OC. The van der Waals surface area contributed by atoms with Gasteiger partial charge in [0.1, 0.15) is 0 Å². The predicted molar refractivity (Wildman–Crippen MR) is 114 cm³/mol. The number of hydrogen-bond donors (Lipinski definition) is 2. The molecule has 0 radical (unpaired) electrons. The molecule has 1 aromatic heterocycles. The number of thiazole rings is 1. The second-order valence-electron chi connectivity index (χ2n) is 5.56. The summed E-state index contributed by atoms with van der Waals surface area (Å²) in [5, 5.41) is 13.1. The molecule has 3 rings (SSSR count). The third kappa shape index (κ3) is 4.69. The zero-order chi connectivity index (χ0) is 19.4. The number of halogens is 1. The van der Waals surface area contributed by atoms with E-state index < -0.39 is 5.97 Å². The number of nitrogens with zero attached hydrogens (tertiary/aromatic N) is 1. The van der Waals surface area contributed by atoms with E-state index in [1.165, 1.54) is 11.3 Å². The number of carbonyl (C=O) groups is 1. The quantitative estimate of drug-likeness (QED) is 0.458. The predicted octanol–water partition coefficient (Wildman–Crippen LogP) is 4.80. The average Bonchev–Trinajstić information content (AvgIpc) is 3.04. The molecular formula is C19H17IN2O4S. The second-order valence-corrected chi connectivity index (χ2v) is 7.89. The van der Waals surface area contributed by atoms with Crippen LogP contribution in [0.4, 0.5) is 10.8 Å². The number of aromatic nitrogens is 1. The Morgan fingerprint density at radius 2 is 1.85 bits per heavy atom. The largest absolute Gasteiger partial charge is 0.493 e. The summed E-state index contributed by atoms with van der Waals surface area (Å²) in [5.41, 5.74) is 2.29. The molecule has 0 saturated heterocycles. The van der Waals surface area contributed by atoms with Crippen molar-refractivity contribution in [2.24, 2.45) is 0 Å². The van der Waals surface area contributed by atoms with Gasteiger partial charge in [-0.3, -0.25) is 4.79 Å². The summed E-state index contributed by atoms with van der Waals surface area (Å²) < 4.78 is 11.8. The molecule has 3 aromatic rings. The molecule has 2 aromatic carbocycles. The molecule has 8 heteroatoms. The normalized spacial score (nSPS) is 10.5. The van der Waals surface area contributed by atoms with E-state index >= 15 is 0 Å². The van der Waals surface area contributed by atoms with Crippen LogP contribution in [0.25, 0.3) is 11.3 Å². The van der Waals surface area contributed by atoms with Gasteiger partial charge in [-0.1, -0.05) is 0 Å². The van der Waals surface area contributed by atoms with Crippen molar-refractivity contribution in [2.45, 2.75) is 6.42 Å². The summed E-state index contributed by atoms with van der Waals surface area (Å²) in [6, 6.07) is 13.3. The van der Waals surface area contributed by atoms with Gasteiger partial charge >= 0.3 is 5.97 Å². The van der Waals surface area contributed by atoms with Gasteiger partial charge in [0, 0.05) is 19.7 Å². The lowest BCUT2D eigenvalue weighted by Crippen LogP contribution is -1.99. The Labute approximate surface area is 174 Å². The highest BCUT2D eigenvalue weighted by molar-refractivity contribution is 14.1. The maximum absolute atomic E-state index is 11.3. The number of aliphatic carboxylic acids is 1.